The van der Waals surface area contributed by atoms with Gasteiger partial charge in [0, 0.05) is 9.35 Å². The summed E-state index contributed by atoms with van der Waals surface area (Å²) >= 11 is 5.54. The molecule has 102 valence electrons. The van der Waals surface area contributed by atoms with Crippen molar-refractivity contribution in [1.29, 1.82) is 0 Å². The van der Waals surface area contributed by atoms with Crippen LogP contribution in [-0.4, -0.2) is 6.54 Å². The maximum Gasteiger partial charge on any atom is 0.0314 e. The van der Waals surface area contributed by atoms with Gasteiger partial charge in [0.1, 0.15) is 0 Å². The van der Waals surface area contributed by atoms with Crippen LogP contribution in [-0.2, 0) is 6.42 Å². The maximum absolute atomic E-state index is 5.97. The first-order valence-corrected chi connectivity index (χ1v) is 8.71. The molecule has 3 atom stereocenters. The number of hydrogen-bond donors (Lipinski definition) is 1. The zero-order valence-corrected chi connectivity index (χ0v) is 13.8. The Bertz CT molecular complexity index is 374. The molecule has 0 aromatic carbocycles. The fourth-order valence-corrected chi connectivity index (χ4v) is 4.85. The van der Waals surface area contributed by atoms with E-state index in [0.29, 0.717) is 0 Å². The lowest BCUT2D eigenvalue weighted by Crippen LogP contribution is -2.33. The number of nitrogens with two attached hydrogens (primary N) is 1. The predicted molar refractivity (Wildman–Crippen MR) is 83.9 cm³/mol. The van der Waals surface area contributed by atoms with Gasteiger partial charge in [0.25, 0.3) is 0 Å². The second kappa shape index (κ2) is 6.53. The summed E-state index contributed by atoms with van der Waals surface area (Å²) in [6.07, 6.45) is 5.28. The summed E-state index contributed by atoms with van der Waals surface area (Å²) in [6, 6.07) is 2.17. The van der Waals surface area contributed by atoms with Crippen molar-refractivity contribution < 1.29 is 0 Å². The smallest absolute Gasteiger partial charge is 0.0314 e. The molecule has 18 heavy (non-hydrogen) atoms. The fraction of sp³-hybridized carbons (Fsp3) is 0.733. The third-order valence-electron chi connectivity index (χ3n) is 4.56. The Morgan fingerprint density at radius 1 is 1.39 bits per heavy atom. The summed E-state index contributed by atoms with van der Waals surface area (Å²) in [5.74, 6) is 3.23. The van der Waals surface area contributed by atoms with Crippen molar-refractivity contribution in [3.05, 3.63) is 20.8 Å². The van der Waals surface area contributed by atoms with Crippen LogP contribution in [0.2, 0.25) is 0 Å². The van der Waals surface area contributed by atoms with E-state index < -0.39 is 0 Å². The highest BCUT2D eigenvalue weighted by Crippen LogP contribution is 2.40. The molecule has 2 N–H and O–H groups in total. The molecule has 3 unspecified atom stereocenters. The van der Waals surface area contributed by atoms with E-state index in [9.17, 15) is 0 Å². The molecule has 2 rings (SSSR count). The summed E-state index contributed by atoms with van der Waals surface area (Å²) in [7, 11) is 0. The molecule has 1 aliphatic rings. The van der Waals surface area contributed by atoms with E-state index in [1.165, 1.54) is 35.0 Å². The van der Waals surface area contributed by atoms with Crippen LogP contribution in [0.3, 0.4) is 0 Å². The van der Waals surface area contributed by atoms with E-state index in [1.807, 2.05) is 11.3 Å². The largest absolute Gasteiger partial charge is 0.330 e. The minimum Gasteiger partial charge on any atom is -0.330 e. The average molecular weight is 330 g/mol. The molecular weight excluding hydrogens is 306 g/mol. The van der Waals surface area contributed by atoms with Crippen molar-refractivity contribution in [2.45, 2.75) is 39.5 Å². The minimum atomic E-state index is 0.731. The zero-order valence-electron chi connectivity index (χ0n) is 11.4. The topological polar surface area (TPSA) is 26.0 Å². The van der Waals surface area contributed by atoms with Gasteiger partial charge in [0.05, 0.1) is 0 Å². The number of hydrogen-bond acceptors (Lipinski definition) is 2. The molecule has 0 saturated heterocycles. The molecule has 1 heterocycles. The van der Waals surface area contributed by atoms with Crippen molar-refractivity contribution in [3.63, 3.8) is 0 Å². The zero-order chi connectivity index (χ0) is 13.1. The van der Waals surface area contributed by atoms with E-state index in [0.717, 1.165) is 30.2 Å². The third-order valence-corrected chi connectivity index (χ3v) is 6.51. The average Bonchev–Trinajstić information content (AvgIpc) is 2.75. The monoisotopic (exact) mass is 329 g/mol. The first kappa shape index (κ1) is 14.5. The van der Waals surface area contributed by atoms with Gasteiger partial charge < -0.3 is 5.73 Å². The lowest BCUT2D eigenvalue weighted by Gasteiger charge is -2.37. The van der Waals surface area contributed by atoms with Crippen molar-refractivity contribution in [3.8, 4) is 0 Å². The van der Waals surface area contributed by atoms with E-state index in [2.05, 4.69) is 41.2 Å². The Labute approximate surface area is 123 Å². The van der Waals surface area contributed by atoms with Crippen LogP contribution < -0.4 is 5.73 Å². The first-order chi connectivity index (χ1) is 8.61. The minimum absolute atomic E-state index is 0.731. The van der Waals surface area contributed by atoms with Crippen LogP contribution in [0, 0.1) is 23.7 Å². The fourth-order valence-electron chi connectivity index (χ4n) is 3.24. The summed E-state index contributed by atoms with van der Waals surface area (Å²) in [5, 5.41) is 2.18. The van der Waals surface area contributed by atoms with Gasteiger partial charge in [0.15, 0.2) is 0 Å². The highest BCUT2D eigenvalue weighted by Gasteiger charge is 2.31. The van der Waals surface area contributed by atoms with Crippen molar-refractivity contribution in [2.75, 3.05) is 6.54 Å². The lowest BCUT2D eigenvalue weighted by atomic mass is 9.69. The maximum atomic E-state index is 5.97. The summed E-state index contributed by atoms with van der Waals surface area (Å²) in [6.45, 7) is 5.59. The molecule has 1 fully saturated rings. The molecule has 1 saturated carbocycles. The van der Waals surface area contributed by atoms with E-state index in [1.54, 1.807) is 0 Å². The van der Waals surface area contributed by atoms with Gasteiger partial charge in [-0.25, -0.2) is 0 Å². The molecule has 1 nitrogen and oxygen atoms in total. The second-order valence-electron chi connectivity index (χ2n) is 5.97. The standard InChI is InChI=1S/C15H24BrNS/c1-10(2)11-3-4-12(9-17)13(7-11)8-15-14(16)5-6-18-15/h5-6,10-13H,3-4,7-9,17H2,1-2H3. The normalized spacial score (nSPS) is 28.8. The molecule has 1 aromatic heterocycles. The van der Waals surface area contributed by atoms with Gasteiger partial charge in [-0.2, -0.15) is 0 Å². The number of thiophene rings is 1. The molecule has 1 aromatic rings. The van der Waals surface area contributed by atoms with Crippen LogP contribution in [0.15, 0.2) is 15.9 Å². The van der Waals surface area contributed by atoms with Gasteiger partial charge in [-0.15, -0.1) is 11.3 Å². The molecule has 0 amide bonds. The molecular formula is C15H24BrNS. The van der Waals surface area contributed by atoms with Crippen LogP contribution in [0.4, 0.5) is 0 Å². The Kier molecular flexibility index (Phi) is 5.28. The Hall–Kier alpha value is 0.140. The Balaban J connectivity index is 2.04. The van der Waals surface area contributed by atoms with E-state index in [-0.39, 0.29) is 0 Å². The van der Waals surface area contributed by atoms with Crippen molar-refractivity contribution in [1.82, 2.24) is 0 Å². The Morgan fingerprint density at radius 2 is 2.17 bits per heavy atom. The molecule has 0 bridgehead atoms. The summed E-state index contributed by atoms with van der Waals surface area (Å²) in [5.41, 5.74) is 5.97. The van der Waals surface area contributed by atoms with Gasteiger partial charge in [-0.1, -0.05) is 13.8 Å². The predicted octanol–water partition coefficient (Wildman–Crippen LogP) is 4.70. The van der Waals surface area contributed by atoms with Crippen LogP contribution >= 0.6 is 27.3 Å². The van der Waals surface area contributed by atoms with Crippen LogP contribution in [0.5, 0.6) is 0 Å². The molecule has 0 radical (unpaired) electrons. The van der Waals surface area contributed by atoms with Gasteiger partial charge in [0.2, 0.25) is 0 Å². The summed E-state index contributed by atoms with van der Waals surface area (Å²) < 4.78 is 1.29. The van der Waals surface area contributed by atoms with Gasteiger partial charge in [-0.05, 0) is 83.3 Å². The SMILES string of the molecule is CC(C)C1CCC(CN)C(Cc2sccc2Br)C1. The first-order valence-electron chi connectivity index (χ1n) is 7.03. The lowest BCUT2D eigenvalue weighted by molar-refractivity contribution is 0.151. The van der Waals surface area contributed by atoms with Crippen molar-refractivity contribution in [2.24, 2.45) is 29.4 Å². The highest BCUT2D eigenvalue weighted by atomic mass is 79.9. The third kappa shape index (κ3) is 3.37. The van der Waals surface area contributed by atoms with Crippen LogP contribution in [0.1, 0.15) is 38.0 Å². The Morgan fingerprint density at radius 3 is 2.72 bits per heavy atom. The molecule has 0 aliphatic heterocycles. The van der Waals surface area contributed by atoms with Gasteiger partial charge in [-0.3, -0.25) is 0 Å². The quantitative estimate of drug-likeness (QED) is 0.851. The van der Waals surface area contributed by atoms with E-state index >= 15 is 0 Å². The van der Waals surface area contributed by atoms with Gasteiger partial charge >= 0.3 is 0 Å². The van der Waals surface area contributed by atoms with Crippen LogP contribution in [0.25, 0.3) is 0 Å². The van der Waals surface area contributed by atoms with Crippen molar-refractivity contribution >= 4 is 27.3 Å². The van der Waals surface area contributed by atoms with E-state index in [4.69, 9.17) is 5.73 Å². The molecule has 1 aliphatic carbocycles. The highest BCUT2D eigenvalue weighted by molar-refractivity contribution is 9.10. The summed E-state index contributed by atoms with van der Waals surface area (Å²) in [4.78, 5) is 1.50. The number of rotatable bonds is 4. The molecule has 3 heteroatoms. The molecule has 0 spiro atoms. The second-order valence-corrected chi connectivity index (χ2v) is 7.82. The number of halogens is 1.